The van der Waals surface area contributed by atoms with E-state index >= 15 is 0 Å². The summed E-state index contributed by atoms with van der Waals surface area (Å²) < 4.78 is 0. The molecule has 1 aromatic carbocycles. The van der Waals surface area contributed by atoms with Crippen molar-refractivity contribution in [2.45, 2.75) is 37.5 Å². The Labute approximate surface area is 160 Å². The van der Waals surface area contributed by atoms with Crippen LogP contribution in [0.15, 0.2) is 70.1 Å². The van der Waals surface area contributed by atoms with Crippen LogP contribution in [0.5, 0.6) is 5.75 Å². The molecule has 3 aliphatic rings. The quantitative estimate of drug-likeness (QED) is 0.370. The van der Waals surface area contributed by atoms with E-state index in [1.165, 1.54) is 5.56 Å². The van der Waals surface area contributed by atoms with E-state index in [1.807, 2.05) is 30.3 Å². The van der Waals surface area contributed by atoms with Gasteiger partial charge in [-0.15, -0.1) is 0 Å². The van der Waals surface area contributed by atoms with E-state index in [0.29, 0.717) is 5.92 Å². The van der Waals surface area contributed by atoms with Crippen molar-refractivity contribution in [2.75, 3.05) is 7.05 Å². The number of aliphatic imine (C=N–C) groups is 1. The maximum Gasteiger partial charge on any atom is 0.155 e. The van der Waals surface area contributed by atoms with Crippen LogP contribution in [0.2, 0.25) is 0 Å². The highest BCUT2D eigenvalue weighted by Crippen LogP contribution is 2.50. The number of nitrogens with zero attached hydrogens (tertiary/aromatic N) is 3. The molecule has 1 fully saturated rings. The first-order valence-corrected chi connectivity index (χ1v) is 9.49. The molecule has 0 amide bonds. The zero-order valence-corrected chi connectivity index (χ0v) is 15.7. The Bertz CT molecular complexity index is 872. The zero-order chi connectivity index (χ0) is 19.0. The van der Waals surface area contributed by atoms with E-state index in [4.69, 9.17) is 5.84 Å². The first-order valence-electron chi connectivity index (χ1n) is 9.49. The lowest BCUT2D eigenvalue weighted by molar-refractivity contribution is 0.256. The third kappa shape index (κ3) is 2.87. The van der Waals surface area contributed by atoms with Crippen molar-refractivity contribution in [3.05, 3.63) is 65.5 Å². The fourth-order valence-corrected chi connectivity index (χ4v) is 4.45. The summed E-state index contributed by atoms with van der Waals surface area (Å²) in [5.41, 5.74) is 4.34. The summed E-state index contributed by atoms with van der Waals surface area (Å²) in [6, 6.07) is 7.49. The Morgan fingerprint density at radius 2 is 2.04 bits per heavy atom. The van der Waals surface area contributed by atoms with Crippen molar-refractivity contribution < 1.29 is 5.11 Å². The summed E-state index contributed by atoms with van der Waals surface area (Å²) in [4.78, 5) is 6.48. The largest absolute Gasteiger partial charge is 0.508 e. The van der Waals surface area contributed by atoms with Crippen molar-refractivity contribution in [2.24, 2.45) is 21.9 Å². The van der Waals surface area contributed by atoms with Gasteiger partial charge in [0.05, 0.1) is 0 Å². The van der Waals surface area contributed by atoms with Crippen molar-refractivity contribution in [3.63, 3.8) is 0 Å². The minimum atomic E-state index is -0.120. The highest BCUT2D eigenvalue weighted by Gasteiger charge is 2.43. The van der Waals surface area contributed by atoms with Gasteiger partial charge in [0.15, 0.2) is 5.84 Å². The molecule has 0 radical (unpaired) electrons. The van der Waals surface area contributed by atoms with Gasteiger partial charge in [0.2, 0.25) is 0 Å². The van der Waals surface area contributed by atoms with Gasteiger partial charge in [0.25, 0.3) is 0 Å². The second kappa shape index (κ2) is 6.72. The number of phenolic OH excluding ortho intramolecular Hbond substituents is 1. The monoisotopic (exact) mass is 362 g/mol. The summed E-state index contributed by atoms with van der Waals surface area (Å²) in [6.07, 6.45) is 11.3. The molecule has 1 saturated carbocycles. The SMILES string of the molecule is C=C(N(C)/C(=N\N)C1=CC=C2N=CCC2C1)C1(c2ccc(O)cc2)CCC1. The Balaban J connectivity index is 1.60. The van der Waals surface area contributed by atoms with Crippen LogP contribution in [-0.4, -0.2) is 29.1 Å². The standard InChI is InChI=1S/C22H26N4O/c1-15(22(11-3-12-22)18-5-7-19(27)8-6-18)26(2)21(25-23)17-4-9-20-16(14-17)10-13-24-20/h4-9,13,16,27H,1,3,10-12,14,23H2,2H3/b25-21-. The molecule has 0 bridgehead atoms. The predicted molar refractivity (Wildman–Crippen MR) is 110 cm³/mol. The number of phenols is 1. The second-order valence-corrected chi connectivity index (χ2v) is 7.67. The van der Waals surface area contributed by atoms with Crippen LogP contribution >= 0.6 is 0 Å². The number of rotatable bonds is 4. The molecular weight excluding hydrogens is 336 g/mol. The summed E-state index contributed by atoms with van der Waals surface area (Å²) in [6.45, 7) is 4.44. The van der Waals surface area contributed by atoms with Crippen LogP contribution < -0.4 is 5.84 Å². The second-order valence-electron chi connectivity index (χ2n) is 7.67. The molecule has 1 unspecified atom stereocenters. The van der Waals surface area contributed by atoms with Gasteiger partial charge in [-0.2, -0.15) is 5.10 Å². The number of benzene rings is 1. The zero-order valence-electron chi connectivity index (χ0n) is 15.7. The Hall–Kier alpha value is -2.82. The molecule has 0 saturated heterocycles. The highest BCUT2D eigenvalue weighted by molar-refractivity contribution is 6.00. The van der Waals surface area contributed by atoms with Crippen LogP contribution in [-0.2, 0) is 5.41 Å². The van der Waals surface area contributed by atoms with Gasteiger partial charge in [-0.3, -0.25) is 4.99 Å². The Morgan fingerprint density at radius 3 is 2.67 bits per heavy atom. The first-order chi connectivity index (χ1) is 13.0. The Morgan fingerprint density at radius 1 is 1.30 bits per heavy atom. The predicted octanol–water partition coefficient (Wildman–Crippen LogP) is 3.84. The number of hydrogen-bond acceptors (Lipinski definition) is 4. The lowest BCUT2D eigenvalue weighted by Crippen LogP contribution is -2.44. The van der Waals surface area contributed by atoms with Gasteiger partial charge in [-0.05, 0) is 55.0 Å². The molecule has 5 nitrogen and oxygen atoms in total. The molecule has 0 aromatic heterocycles. The van der Waals surface area contributed by atoms with Crippen molar-refractivity contribution in [1.29, 1.82) is 0 Å². The van der Waals surface area contributed by atoms with Gasteiger partial charge in [-0.1, -0.05) is 31.2 Å². The number of amidine groups is 1. The van der Waals surface area contributed by atoms with E-state index in [1.54, 1.807) is 12.1 Å². The van der Waals surface area contributed by atoms with Crippen LogP contribution in [0.3, 0.4) is 0 Å². The number of hydrazone groups is 1. The third-order valence-electron chi connectivity index (χ3n) is 6.28. The average Bonchev–Trinajstić information content (AvgIpc) is 3.10. The first kappa shape index (κ1) is 17.6. The summed E-state index contributed by atoms with van der Waals surface area (Å²) in [5, 5.41) is 13.8. The van der Waals surface area contributed by atoms with Crippen LogP contribution in [0.25, 0.3) is 0 Å². The maximum atomic E-state index is 9.64. The molecule has 5 heteroatoms. The molecule has 0 spiro atoms. The molecule has 1 heterocycles. The number of allylic oxidation sites excluding steroid dienone is 4. The summed E-state index contributed by atoms with van der Waals surface area (Å²) in [5.74, 6) is 7.30. The lowest BCUT2D eigenvalue weighted by Gasteiger charge is -2.47. The van der Waals surface area contributed by atoms with E-state index in [-0.39, 0.29) is 11.2 Å². The highest BCUT2D eigenvalue weighted by atomic mass is 16.3. The number of aromatic hydroxyl groups is 1. The molecule has 27 heavy (non-hydrogen) atoms. The fraction of sp³-hybridized carbons (Fsp3) is 0.364. The van der Waals surface area contributed by atoms with Crippen molar-refractivity contribution in [1.82, 2.24) is 4.90 Å². The molecular formula is C22H26N4O. The Kier molecular flexibility index (Phi) is 4.38. The number of nitrogens with two attached hydrogens (primary N) is 1. The van der Waals surface area contributed by atoms with E-state index < -0.39 is 0 Å². The molecule has 3 N–H and O–H groups in total. The van der Waals surface area contributed by atoms with Gasteiger partial charge in [0, 0.05) is 36.0 Å². The smallest absolute Gasteiger partial charge is 0.155 e. The fourth-order valence-electron chi connectivity index (χ4n) is 4.45. The normalized spacial score (nSPS) is 23.1. The molecule has 140 valence electrons. The molecule has 1 aliphatic heterocycles. The van der Waals surface area contributed by atoms with Crippen molar-refractivity contribution >= 4 is 12.1 Å². The van der Waals surface area contributed by atoms with E-state index in [9.17, 15) is 5.11 Å². The topological polar surface area (TPSA) is 74.2 Å². The van der Waals surface area contributed by atoms with Crippen LogP contribution in [0.1, 0.15) is 37.7 Å². The molecule has 1 aromatic rings. The average molecular weight is 362 g/mol. The minimum absolute atomic E-state index is 0.120. The number of hydrogen-bond donors (Lipinski definition) is 2. The van der Waals surface area contributed by atoms with Crippen LogP contribution in [0.4, 0.5) is 0 Å². The minimum Gasteiger partial charge on any atom is -0.508 e. The third-order valence-corrected chi connectivity index (χ3v) is 6.28. The van der Waals surface area contributed by atoms with Crippen LogP contribution in [0, 0.1) is 5.92 Å². The maximum absolute atomic E-state index is 9.64. The van der Waals surface area contributed by atoms with E-state index in [2.05, 4.69) is 28.8 Å². The number of fused-ring (bicyclic) bond motifs is 1. The summed E-state index contributed by atoms with van der Waals surface area (Å²) >= 11 is 0. The number of likely N-dealkylation sites (N-methyl/N-ethyl adjacent to an activating group) is 1. The molecule has 4 rings (SSSR count). The summed E-state index contributed by atoms with van der Waals surface area (Å²) in [7, 11) is 2.00. The van der Waals surface area contributed by atoms with E-state index in [0.717, 1.165) is 54.9 Å². The van der Waals surface area contributed by atoms with Gasteiger partial charge >= 0.3 is 0 Å². The van der Waals surface area contributed by atoms with Crippen molar-refractivity contribution in [3.8, 4) is 5.75 Å². The lowest BCUT2D eigenvalue weighted by atomic mass is 9.62. The molecule has 2 aliphatic carbocycles. The van der Waals surface area contributed by atoms with Gasteiger partial charge in [0.1, 0.15) is 5.75 Å². The van der Waals surface area contributed by atoms with Gasteiger partial charge < -0.3 is 15.8 Å². The molecule has 1 atom stereocenters. The van der Waals surface area contributed by atoms with Gasteiger partial charge in [-0.25, -0.2) is 0 Å².